The van der Waals surface area contributed by atoms with Crippen molar-refractivity contribution in [2.24, 2.45) is 0 Å². The van der Waals surface area contributed by atoms with E-state index in [1.165, 1.54) is 0 Å². The third kappa shape index (κ3) is 5.41. The zero-order chi connectivity index (χ0) is 16.5. The van der Waals surface area contributed by atoms with E-state index in [9.17, 15) is 34.4 Å². The van der Waals surface area contributed by atoms with Gasteiger partial charge in [-0.2, -0.15) is 13.2 Å². The molecule has 0 radical (unpaired) electrons. The van der Waals surface area contributed by atoms with Gasteiger partial charge in [0, 0.05) is 17.2 Å². The first-order valence-corrected chi connectivity index (χ1v) is 8.93. The molecule has 0 atom stereocenters. The van der Waals surface area contributed by atoms with Crippen LogP contribution in [0.1, 0.15) is 6.42 Å². The lowest BCUT2D eigenvalue weighted by Gasteiger charge is -2.09. The van der Waals surface area contributed by atoms with Crippen molar-refractivity contribution in [1.29, 1.82) is 0 Å². The van der Waals surface area contributed by atoms with Crippen LogP contribution in [0.25, 0.3) is 0 Å². The molecule has 0 saturated heterocycles. The van der Waals surface area contributed by atoms with E-state index in [1.807, 2.05) is 0 Å². The van der Waals surface area contributed by atoms with Crippen LogP contribution in [-0.2, 0) is 19.1 Å². The van der Waals surface area contributed by atoms with Crippen molar-refractivity contribution >= 4 is 29.8 Å². The molecule has 0 bridgehead atoms. The number of halogens is 5. The summed E-state index contributed by atoms with van der Waals surface area (Å²) in [4.78, 5) is -1.65. The second kappa shape index (κ2) is 6.07. The van der Waals surface area contributed by atoms with Crippen molar-refractivity contribution in [3.63, 3.8) is 0 Å². The molecule has 12 heteroatoms. The van der Waals surface area contributed by atoms with Crippen molar-refractivity contribution in [1.82, 2.24) is 4.72 Å². The average molecular weight is 370 g/mol. The molecule has 0 saturated carbocycles. The highest BCUT2D eigenvalue weighted by Gasteiger charge is 2.28. The Morgan fingerprint density at radius 2 is 1.71 bits per heavy atom. The van der Waals surface area contributed by atoms with Crippen LogP contribution in [0.4, 0.5) is 17.6 Å². The van der Waals surface area contributed by atoms with Gasteiger partial charge in [-0.05, 0) is 18.2 Å². The summed E-state index contributed by atoms with van der Waals surface area (Å²) in [6.45, 7) is -0.971. The van der Waals surface area contributed by atoms with Gasteiger partial charge < -0.3 is 0 Å². The first-order chi connectivity index (χ1) is 9.33. The fourth-order valence-electron chi connectivity index (χ4n) is 1.26. The highest BCUT2D eigenvalue weighted by atomic mass is 35.7. The van der Waals surface area contributed by atoms with E-state index in [2.05, 4.69) is 0 Å². The maximum atomic E-state index is 13.6. The Morgan fingerprint density at radius 1 is 1.14 bits per heavy atom. The van der Waals surface area contributed by atoms with Gasteiger partial charge in [0.05, 0.1) is 11.3 Å². The maximum absolute atomic E-state index is 13.6. The standard InChI is InChI=1S/C9H8ClF4NO4S2/c10-20(16,17)6-1-2-8(7(11)5-6)21(18,19)15-4-3-9(12,13)14/h1-2,5,15H,3-4H2. The van der Waals surface area contributed by atoms with E-state index < -0.39 is 53.8 Å². The molecule has 5 nitrogen and oxygen atoms in total. The quantitative estimate of drug-likeness (QED) is 0.635. The Kier molecular flexibility index (Phi) is 5.24. The Labute approximate surface area is 122 Å². The second-order valence-electron chi connectivity index (χ2n) is 3.79. The van der Waals surface area contributed by atoms with E-state index in [-0.39, 0.29) is 0 Å². The zero-order valence-corrected chi connectivity index (χ0v) is 12.4. The van der Waals surface area contributed by atoms with Gasteiger partial charge in [0.15, 0.2) is 0 Å². The van der Waals surface area contributed by atoms with Crippen LogP contribution in [0, 0.1) is 5.82 Å². The summed E-state index contributed by atoms with van der Waals surface area (Å²) >= 11 is 0. The summed E-state index contributed by atoms with van der Waals surface area (Å²) in [5.41, 5.74) is 0. The summed E-state index contributed by atoms with van der Waals surface area (Å²) in [5.74, 6) is -1.45. The molecule has 1 aromatic rings. The van der Waals surface area contributed by atoms with E-state index in [0.717, 1.165) is 6.07 Å². The van der Waals surface area contributed by atoms with Gasteiger partial charge in [0.1, 0.15) is 10.7 Å². The molecule has 1 N–H and O–H groups in total. The molecule has 0 aliphatic rings. The molecule has 120 valence electrons. The third-order valence-electron chi connectivity index (χ3n) is 2.17. The van der Waals surface area contributed by atoms with Gasteiger partial charge in [-0.3, -0.25) is 0 Å². The summed E-state index contributed by atoms with van der Waals surface area (Å²) in [7, 11) is -3.85. The van der Waals surface area contributed by atoms with Crippen molar-refractivity contribution in [3.05, 3.63) is 24.0 Å². The average Bonchev–Trinajstić information content (AvgIpc) is 2.24. The SMILES string of the molecule is O=S(=O)(Cl)c1ccc(S(=O)(=O)NCCC(F)(F)F)c(F)c1. The summed E-state index contributed by atoms with van der Waals surface area (Å²) in [6.07, 6.45) is -6.00. The Balaban J connectivity index is 3.00. The Morgan fingerprint density at radius 3 is 2.14 bits per heavy atom. The van der Waals surface area contributed by atoms with Crippen molar-refractivity contribution in [2.45, 2.75) is 22.4 Å². The predicted octanol–water partition coefficient (Wildman–Crippen LogP) is 1.98. The second-order valence-corrected chi connectivity index (χ2v) is 8.09. The lowest BCUT2D eigenvalue weighted by molar-refractivity contribution is -0.132. The largest absolute Gasteiger partial charge is 0.390 e. The van der Waals surface area contributed by atoms with Gasteiger partial charge >= 0.3 is 6.18 Å². The van der Waals surface area contributed by atoms with Crippen LogP contribution in [0.3, 0.4) is 0 Å². The molecule has 0 aliphatic carbocycles. The van der Waals surface area contributed by atoms with E-state index in [1.54, 1.807) is 4.72 Å². The fraction of sp³-hybridized carbons (Fsp3) is 0.333. The minimum absolute atomic E-state index is 0.362. The van der Waals surface area contributed by atoms with Crippen LogP contribution >= 0.6 is 10.7 Å². The molecule has 1 aromatic carbocycles. The van der Waals surface area contributed by atoms with Crippen LogP contribution in [0.5, 0.6) is 0 Å². The fourth-order valence-corrected chi connectivity index (χ4v) is 3.11. The first kappa shape index (κ1) is 18.1. The molecule has 21 heavy (non-hydrogen) atoms. The highest BCUT2D eigenvalue weighted by Crippen LogP contribution is 2.22. The summed E-state index contributed by atoms with van der Waals surface area (Å²) < 4.78 is 95.9. The molecule has 0 amide bonds. The van der Waals surface area contributed by atoms with Crippen LogP contribution < -0.4 is 4.72 Å². The monoisotopic (exact) mass is 369 g/mol. The van der Waals surface area contributed by atoms with Crippen LogP contribution in [0.2, 0.25) is 0 Å². The maximum Gasteiger partial charge on any atom is 0.390 e. The van der Waals surface area contributed by atoms with E-state index in [0.29, 0.717) is 12.1 Å². The predicted molar refractivity (Wildman–Crippen MR) is 65.3 cm³/mol. The normalized spacial score (nSPS) is 13.4. The Bertz CT molecular complexity index is 731. The van der Waals surface area contributed by atoms with Gasteiger partial charge in [0.2, 0.25) is 10.0 Å². The number of alkyl halides is 3. The molecule has 0 spiro atoms. The van der Waals surface area contributed by atoms with Crippen LogP contribution in [-0.4, -0.2) is 29.6 Å². The summed E-state index contributed by atoms with van der Waals surface area (Å²) in [5, 5.41) is 0. The number of nitrogens with one attached hydrogen (secondary N) is 1. The molecule has 0 aliphatic heterocycles. The van der Waals surface area contributed by atoms with E-state index in [4.69, 9.17) is 10.7 Å². The molecule has 0 heterocycles. The van der Waals surface area contributed by atoms with Gasteiger partial charge in [-0.25, -0.2) is 25.9 Å². The molecule has 0 aromatic heterocycles. The van der Waals surface area contributed by atoms with Gasteiger partial charge in [0.25, 0.3) is 9.05 Å². The molecule has 1 rings (SSSR count). The van der Waals surface area contributed by atoms with Crippen molar-refractivity contribution in [2.75, 3.05) is 6.54 Å². The molecular weight excluding hydrogens is 362 g/mol. The van der Waals surface area contributed by atoms with E-state index >= 15 is 0 Å². The lowest BCUT2D eigenvalue weighted by atomic mass is 10.3. The zero-order valence-electron chi connectivity index (χ0n) is 9.99. The summed E-state index contributed by atoms with van der Waals surface area (Å²) in [6, 6.07) is 1.69. The lowest BCUT2D eigenvalue weighted by Crippen LogP contribution is -2.28. The number of benzene rings is 1. The first-order valence-electron chi connectivity index (χ1n) is 5.13. The number of hydrogen-bond acceptors (Lipinski definition) is 4. The van der Waals surface area contributed by atoms with Crippen molar-refractivity contribution in [3.8, 4) is 0 Å². The molecule has 0 unspecified atom stereocenters. The topological polar surface area (TPSA) is 80.3 Å². The van der Waals surface area contributed by atoms with Gasteiger partial charge in [-0.1, -0.05) is 0 Å². The molecule has 0 fully saturated rings. The highest BCUT2D eigenvalue weighted by molar-refractivity contribution is 8.13. The number of hydrogen-bond donors (Lipinski definition) is 1. The third-order valence-corrected chi connectivity index (χ3v) is 5.02. The Hall–Kier alpha value is -0.910. The molecular formula is C9H8ClF4NO4S2. The number of sulfonamides is 1. The van der Waals surface area contributed by atoms with Gasteiger partial charge in [-0.15, -0.1) is 0 Å². The van der Waals surface area contributed by atoms with Crippen LogP contribution in [0.15, 0.2) is 28.0 Å². The minimum Gasteiger partial charge on any atom is -0.211 e. The smallest absolute Gasteiger partial charge is 0.211 e. The van der Waals surface area contributed by atoms with Crippen molar-refractivity contribution < 1.29 is 34.4 Å². The number of rotatable bonds is 5. The minimum atomic E-state index is -4.57.